The minimum absolute atomic E-state index is 0.0132. The highest BCUT2D eigenvalue weighted by molar-refractivity contribution is 5.79. The van der Waals surface area contributed by atoms with Crippen molar-refractivity contribution in [1.29, 1.82) is 0 Å². The number of aromatic nitrogens is 1. The zero-order valence-corrected chi connectivity index (χ0v) is 19.2. The highest BCUT2D eigenvalue weighted by Crippen LogP contribution is 2.41. The van der Waals surface area contributed by atoms with E-state index in [0.29, 0.717) is 31.7 Å². The Kier molecular flexibility index (Phi) is 8.02. The van der Waals surface area contributed by atoms with Crippen LogP contribution in [0.3, 0.4) is 0 Å². The van der Waals surface area contributed by atoms with Gasteiger partial charge in [-0.25, -0.2) is 0 Å². The van der Waals surface area contributed by atoms with Crippen molar-refractivity contribution in [1.82, 2.24) is 15.6 Å². The first-order chi connectivity index (χ1) is 16.9. The Bertz CT molecular complexity index is 1100. The lowest BCUT2D eigenvalue weighted by molar-refractivity contribution is -0.138. The molecule has 0 unspecified atom stereocenters. The SMILES string of the molecule is O=C(N[C@H](CCOc1ccccc1)c1cccc(-c2ccccn2)c1C(F)(F)F)C1CCNCC1. The number of benzene rings is 2. The number of carbonyl (C=O) groups is 1. The Morgan fingerprint density at radius 1 is 1.03 bits per heavy atom. The third kappa shape index (κ3) is 6.39. The third-order valence-electron chi connectivity index (χ3n) is 6.14. The van der Waals surface area contributed by atoms with Gasteiger partial charge >= 0.3 is 6.18 Å². The molecule has 2 heterocycles. The molecule has 1 aliphatic heterocycles. The lowest BCUT2D eigenvalue weighted by atomic mass is 9.90. The molecule has 2 aromatic carbocycles. The average molecular weight is 484 g/mol. The van der Waals surface area contributed by atoms with Crippen LogP contribution in [0.1, 0.15) is 36.4 Å². The Balaban J connectivity index is 1.67. The fourth-order valence-corrected chi connectivity index (χ4v) is 4.40. The lowest BCUT2D eigenvalue weighted by Crippen LogP contribution is -2.40. The number of ether oxygens (including phenoxy) is 1. The standard InChI is InChI=1S/C27H28F3N3O2/c28-27(29,30)25-21(23-11-4-5-15-32-23)9-6-10-22(25)24(14-18-35-20-7-2-1-3-8-20)33-26(34)19-12-16-31-17-13-19/h1-11,15,19,24,31H,12-14,16-18H2,(H,33,34)/t24-/m1/s1. The maximum Gasteiger partial charge on any atom is 0.417 e. The first-order valence-corrected chi connectivity index (χ1v) is 11.7. The number of rotatable bonds is 8. The lowest BCUT2D eigenvalue weighted by Gasteiger charge is -2.28. The molecule has 2 N–H and O–H groups in total. The van der Waals surface area contributed by atoms with Gasteiger partial charge in [0, 0.05) is 24.1 Å². The molecule has 1 fully saturated rings. The molecule has 0 aliphatic carbocycles. The second-order valence-corrected chi connectivity index (χ2v) is 8.52. The predicted octanol–water partition coefficient (Wildman–Crippen LogP) is 5.39. The van der Waals surface area contributed by atoms with Crippen LogP contribution >= 0.6 is 0 Å². The number of nitrogens with one attached hydrogen (secondary N) is 2. The third-order valence-corrected chi connectivity index (χ3v) is 6.14. The van der Waals surface area contributed by atoms with Gasteiger partial charge < -0.3 is 15.4 Å². The number of piperidine rings is 1. The minimum atomic E-state index is -4.64. The van der Waals surface area contributed by atoms with E-state index in [1.165, 1.54) is 18.3 Å². The zero-order chi connectivity index (χ0) is 24.7. The molecule has 5 nitrogen and oxygen atoms in total. The molecular formula is C27H28F3N3O2. The second-order valence-electron chi connectivity index (χ2n) is 8.52. The number of pyridine rings is 1. The molecule has 0 bridgehead atoms. The normalized spacial score (nSPS) is 15.4. The van der Waals surface area contributed by atoms with Gasteiger partial charge in [0.1, 0.15) is 5.75 Å². The van der Waals surface area contributed by atoms with Crippen LogP contribution < -0.4 is 15.4 Å². The number of para-hydroxylation sites is 1. The first-order valence-electron chi connectivity index (χ1n) is 11.7. The van der Waals surface area contributed by atoms with Crippen molar-refractivity contribution >= 4 is 5.91 Å². The molecule has 0 spiro atoms. The van der Waals surface area contributed by atoms with Crippen molar-refractivity contribution in [2.24, 2.45) is 5.92 Å². The fraction of sp³-hybridized carbons (Fsp3) is 0.333. The number of nitrogens with zero attached hydrogens (tertiary/aromatic N) is 1. The van der Waals surface area contributed by atoms with E-state index in [4.69, 9.17) is 4.74 Å². The van der Waals surface area contributed by atoms with E-state index in [0.717, 1.165) is 0 Å². The number of alkyl halides is 3. The topological polar surface area (TPSA) is 63.2 Å². The van der Waals surface area contributed by atoms with Gasteiger partial charge in [-0.05, 0) is 55.8 Å². The van der Waals surface area contributed by atoms with Gasteiger partial charge in [-0.3, -0.25) is 9.78 Å². The summed E-state index contributed by atoms with van der Waals surface area (Å²) in [5.41, 5.74) is -0.556. The van der Waals surface area contributed by atoms with Crippen LogP contribution in [0.25, 0.3) is 11.3 Å². The molecule has 1 amide bonds. The first kappa shape index (κ1) is 24.7. The van der Waals surface area contributed by atoms with E-state index in [1.54, 1.807) is 36.4 Å². The maximum atomic E-state index is 14.5. The van der Waals surface area contributed by atoms with Crippen LogP contribution in [0.5, 0.6) is 5.75 Å². The van der Waals surface area contributed by atoms with Gasteiger partial charge in [0.2, 0.25) is 5.91 Å². The molecule has 35 heavy (non-hydrogen) atoms. The summed E-state index contributed by atoms with van der Waals surface area (Å²) in [4.78, 5) is 17.2. The Morgan fingerprint density at radius 3 is 2.46 bits per heavy atom. The molecule has 0 saturated carbocycles. The largest absolute Gasteiger partial charge is 0.494 e. The number of carbonyl (C=O) groups excluding carboxylic acids is 1. The van der Waals surface area contributed by atoms with Crippen molar-refractivity contribution in [3.63, 3.8) is 0 Å². The summed E-state index contributed by atoms with van der Waals surface area (Å²) in [5.74, 6) is 0.156. The molecule has 0 radical (unpaired) electrons. The molecule has 3 aromatic rings. The van der Waals surface area contributed by atoms with Crippen LogP contribution in [-0.4, -0.2) is 30.6 Å². The van der Waals surface area contributed by atoms with Gasteiger partial charge in [0.05, 0.1) is 23.9 Å². The van der Waals surface area contributed by atoms with Crippen LogP contribution in [0.2, 0.25) is 0 Å². The smallest absolute Gasteiger partial charge is 0.417 e. The van der Waals surface area contributed by atoms with Crippen LogP contribution in [0.15, 0.2) is 72.9 Å². The van der Waals surface area contributed by atoms with Gasteiger partial charge in [-0.15, -0.1) is 0 Å². The van der Waals surface area contributed by atoms with E-state index in [1.807, 2.05) is 18.2 Å². The molecular weight excluding hydrogens is 455 g/mol. The number of halogens is 3. The maximum absolute atomic E-state index is 14.5. The van der Waals surface area contributed by atoms with E-state index in [-0.39, 0.29) is 41.7 Å². The van der Waals surface area contributed by atoms with E-state index >= 15 is 0 Å². The Morgan fingerprint density at radius 2 is 1.77 bits per heavy atom. The van der Waals surface area contributed by atoms with Crippen molar-refractivity contribution in [2.45, 2.75) is 31.5 Å². The Hall–Kier alpha value is -3.39. The number of hydrogen-bond acceptors (Lipinski definition) is 4. The number of hydrogen-bond donors (Lipinski definition) is 2. The highest BCUT2D eigenvalue weighted by Gasteiger charge is 2.39. The molecule has 4 rings (SSSR count). The van der Waals surface area contributed by atoms with E-state index in [2.05, 4.69) is 15.6 Å². The summed E-state index contributed by atoms with van der Waals surface area (Å²) in [6.45, 7) is 1.57. The molecule has 8 heteroatoms. The van der Waals surface area contributed by atoms with Crippen molar-refractivity contribution < 1.29 is 22.7 Å². The van der Waals surface area contributed by atoms with Gasteiger partial charge in [0.25, 0.3) is 0 Å². The zero-order valence-electron chi connectivity index (χ0n) is 19.2. The highest BCUT2D eigenvalue weighted by atomic mass is 19.4. The summed E-state index contributed by atoms with van der Waals surface area (Å²) in [7, 11) is 0. The van der Waals surface area contributed by atoms with Crippen molar-refractivity contribution in [3.05, 3.63) is 84.1 Å². The average Bonchev–Trinajstić information content (AvgIpc) is 2.88. The molecule has 184 valence electrons. The summed E-state index contributed by atoms with van der Waals surface area (Å²) < 4.78 is 49.1. The summed E-state index contributed by atoms with van der Waals surface area (Å²) in [6, 6.07) is 17.5. The minimum Gasteiger partial charge on any atom is -0.494 e. The fourth-order valence-electron chi connectivity index (χ4n) is 4.40. The van der Waals surface area contributed by atoms with Gasteiger partial charge in [0.15, 0.2) is 0 Å². The summed E-state index contributed by atoms with van der Waals surface area (Å²) in [5, 5.41) is 6.12. The quantitative estimate of drug-likeness (QED) is 0.451. The van der Waals surface area contributed by atoms with Crippen LogP contribution in [0.4, 0.5) is 13.2 Å². The monoisotopic (exact) mass is 483 g/mol. The molecule has 1 atom stereocenters. The molecule has 1 saturated heterocycles. The van der Waals surface area contributed by atoms with Gasteiger partial charge in [-0.1, -0.05) is 42.5 Å². The second kappa shape index (κ2) is 11.4. The predicted molar refractivity (Wildman–Crippen MR) is 128 cm³/mol. The van der Waals surface area contributed by atoms with Crippen LogP contribution in [0, 0.1) is 5.92 Å². The Labute approximate surface area is 202 Å². The van der Waals surface area contributed by atoms with Crippen molar-refractivity contribution in [3.8, 4) is 17.0 Å². The van der Waals surface area contributed by atoms with E-state index in [9.17, 15) is 18.0 Å². The van der Waals surface area contributed by atoms with Gasteiger partial charge in [-0.2, -0.15) is 13.2 Å². The molecule has 1 aromatic heterocycles. The number of amides is 1. The molecule has 1 aliphatic rings. The van der Waals surface area contributed by atoms with Crippen molar-refractivity contribution in [2.75, 3.05) is 19.7 Å². The summed E-state index contributed by atoms with van der Waals surface area (Å²) in [6.07, 6.45) is -1.69. The van der Waals surface area contributed by atoms with Crippen LogP contribution in [-0.2, 0) is 11.0 Å². The summed E-state index contributed by atoms with van der Waals surface area (Å²) >= 11 is 0. The van der Waals surface area contributed by atoms with E-state index < -0.39 is 17.8 Å².